The zero-order valence-electron chi connectivity index (χ0n) is 23.7. The molecule has 8 nitrogen and oxygen atoms in total. The molecule has 0 spiro atoms. The Bertz CT molecular complexity index is 1180. The molecule has 4 rings (SSSR count). The van der Waals surface area contributed by atoms with Crippen molar-refractivity contribution < 1.29 is 24.2 Å². The van der Waals surface area contributed by atoms with Crippen LogP contribution in [0.2, 0.25) is 5.02 Å². The second kappa shape index (κ2) is 13.7. The van der Waals surface area contributed by atoms with Crippen LogP contribution in [0.4, 0.5) is 4.79 Å². The maximum absolute atomic E-state index is 13.6. The van der Waals surface area contributed by atoms with E-state index in [9.17, 15) is 14.7 Å². The van der Waals surface area contributed by atoms with E-state index < -0.39 is 11.7 Å². The molecule has 3 N–H and O–H groups in total. The van der Waals surface area contributed by atoms with Crippen LogP contribution in [0.5, 0.6) is 5.75 Å². The van der Waals surface area contributed by atoms with Gasteiger partial charge >= 0.3 is 6.09 Å². The highest BCUT2D eigenvalue weighted by molar-refractivity contribution is 6.33. The first-order chi connectivity index (χ1) is 19.3. The lowest BCUT2D eigenvalue weighted by Gasteiger charge is -2.44. The molecule has 0 radical (unpaired) electrons. The molecule has 2 aromatic rings. The highest BCUT2D eigenvalue weighted by atomic mass is 35.5. The molecule has 1 aliphatic heterocycles. The number of nitrogens with one attached hydrogen (secondary N) is 2. The fourth-order valence-electron chi connectivity index (χ4n) is 6.43. The fraction of sp³-hybridized carbons (Fsp3) is 0.548. The first-order valence-electron chi connectivity index (χ1n) is 14.2. The molecule has 1 saturated heterocycles. The summed E-state index contributed by atoms with van der Waals surface area (Å²) in [6, 6.07) is 13.7. The minimum absolute atomic E-state index is 0.0204. The van der Waals surface area contributed by atoms with E-state index in [1.165, 1.54) is 7.11 Å². The Labute approximate surface area is 242 Å². The average Bonchev–Trinajstić information content (AvgIpc) is 3.48. The summed E-state index contributed by atoms with van der Waals surface area (Å²) in [7, 11) is 4.90. The molecule has 2 amide bonds. The summed E-state index contributed by atoms with van der Waals surface area (Å²) in [5.41, 5.74) is 1.03. The average molecular weight is 572 g/mol. The molecule has 40 heavy (non-hydrogen) atoms. The van der Waals surface area contributed by atoms with Gasteiger partial charge in [-0.1, -0.05) is 35.9 Å². The van der Waals surface area contributed by atoms with Gasteiger partial charge in [-0.2, -0.15) is 0 Å². The number of methoxy groups -OCH3 is 2. The molecule has 2 fully saturated rings. The standard InChI is InChI=1S/C31H42ClN3O5/c1-33-24-14-13-22(18-24)29(36)35-17-6-9-23(20-35)31(38,15-7-16-34-30(37)40-3)26-11-5-12-27(32)28(26)21-8-4-10-25(19-21)39-2/h4-5,8,10-12,19,22-24,33,38H,6-7,9,13-18,20H2,1-3H3,(H,34,37)/t22-,23-,24+,31+/m1/s1. The highest BCUT2D eigenvalue weighted by Crippen LogP contribution is 2.46. The van der Waals surface area contributed by atoms with Crippen LogP contribution >= 0.6 is 11.6 Å². The number of hydrogen-bond donors (Lipinski definition) is 3. The van der Waals surface area contributed by atoms with Crippen LogP contribution in [0, 0.1) is 11.8 Å². The lowest BCUT2D eigenvalue weighted by Crippen LogP contribution is -2.49. The number of nitrogens with zero attached hydrogens (tertiary/aromatic N) is 1. The number of amides is 2. The largest absolute Gasteiger partial charge is 0.497 e. The molecular formula is C31H42ClN3O5. The first kappa shape index (κ1) is 30.2. The summed E-state index contributed by atoms with van der Waals surface area (Å²) >= 11 is 6.82. The van der Waals surface area contributed by atoms with Crippen molar-refractivity contribution in [2.24, 2.45) is 11.8 Å². The first-order valence-corrected chi connectivity index (χ1v) is 14.6. The Morgan fingerprint density at radius 2 is 1.95 bits per heavy atom. The molecule has 9 heteroatoms. The summed E-state index contributed by atoms with van der Waals surface area (Å²) < 4.78 is 10.2. The molecule has 0 aromatic heterocycles. The fourth-order valence-corrected chi connectivity index (χ4v) is 6.71. The van der Waals surface area contributed by atoms with Gasteiger partial charge in [0.25, 0.3) is 0 Å². The number of hydrogen-bond acceptors (Lipinski definition) is 6. The zero-order chi connectivity index (χ0) is 28.7. The number of ether oxygens (including phenoxy) is 2. The molecule has 2 aliphatic rings. The molecule has 4 atom stereocenters. The van der Waals surface area contributed by atoms with Gasteiger partial charge in [-0.25, -0.2) is 4.79 Å². The monoisotopic (exact) mass is 571 g/mol. The summed E-state index contributed by atoms with van der Waals surface area (Å²) in [5, 5.41) is 19.2. The van der Waals surface area contributed by atoms with Gasteiger partial charge in [0.15, 0.2) is 0 Å². The Balaban J connectivity index is 1.67. The number of benzene rings is 2. The second-order valence-corrected chi connectivity index (χ2v) is 11.4. The number of carbonyl (C=O) groups excluding carboxylic acids is 2. The topological polar surface area (TPSA) is 100 Å². The third-order valence-electron chi connectivity index (χ3n) is 8.63. The van der Waals surface area contributed by atoms with Crippen LogP contribution in [0.25, 0.3) is 11.1 Å². The van der Waals surface area contributed by atoms with Crippen molar-refractivity contribution in [1.29, 1.82) is 0 Å². The minimum Gasteiger partial charge on any atom is -0.497 e. The van der Waals surface area contributed by atoms with Crippen molar-refractivity contribution in [3.8, 4) is 16.9 Å². The Morgan fingerprint density at radius 1 is 1.15 bits per heavy atom. The number of carbonyl (C=O) groups is 2. The van der Waals surface area contributed by atoms with Gasteiger partial charge < -0.3 is 30.1 Å². The zero-order valence-corrected chi connectivity index (χ0v) is 24.5. The van der Waals surface area contributed by atoms with Crippen LogP contribution in [-0.4, -0.2) is 69.0 Å². The lowest BCUT2D eigenvalue weighted by atomic mass is 9.72. The van der Waals surface area contributed by atoms with Crippen LogP contribution in [0.3, 0.4) is 0 Å². The van der Waals surface area contributed by atoms with Gasteiger partial charge in [0, 0.05) is 48.1 Å². The van der Waals surface area contributed by atoms with Gasteiger partial charge in [0.05, 0.1) is 19.8 Å². The summed E-state index contributed by atoms with van der Waals surface area (Å²) in [4.78, 5) is 27.2. The van der Waals surface area contributed by atoms with E-state index in [1.807, 2.05) is 54.4 Å². The summed E-state index contributed by atoms with van der Waals surface area (Å²) in [6.07, 6.45) is 4.74. The predicted molar refractivity (Wildman–Crippen MR) is 156 cm³/mol. The molecule has 1 aliphatic carbocycles. The minimum atomic E-state index is -1.29. The Morgan fingerprint density at radius 3 is 2.67 bits per heavy atom. The maximum atomic E-state index is 13.6. The smallest absolute Gasteiger partial charge is 0.406 e. The molecule has 0 unspecified atom stereocenters. The van der Waals surface area contributed by atoms with E-state index in [-0.39, 0.29) is 17.7 Å². The summed E-state index contributed by atoms with van der Waals surface area (Å²) in [6.45, 7) is 1.53. The second-order valence-electron chi connectivity index (χ2n) is 11.0. The van der Waals surface area contributed by atoms with Crippen molar-refractivity contribution in [2.45, 2.75) is 56.6 Å². The van der Waals surface area contributed by atoms with Crippen molar-refractivity contribution in [3.05, 3.63) is 53.1 Å². The van der Waals surface area contributed by atoms with Crippen molar-refractivity contribution in [2.75, 3.05) is 40.9 Å². The van der Waals surface area contributed by atoms with E-state index in [1.54, 1.807) is 7.11 Å². The number of halogens is 1. The van der Waals surface area contributed by atoms with Crippen molar-refractivity contribution in [3.63, 3.8) is 0 Å². The summed E-state index contributed by atoms with van der Waals surface area (Å²) in [5.74, 6) is 0.705. The Kier molecular flexibility index (Phi) is 10.3. The van der Waals surface area contributed by atoms with Crippen LogP contribution in [0.15, 0.2) is 42.5 Å². The normalized spacial score (nSPS) is 22.4. The Hall–Kier alpha value is -2.81. The maximum Gasteiger partial charge on any atom is 0.406 e. The van der Waals surface area contributed by atoms with Crippen molar-refractivity contribution >= 4 is 23.6 Å². The van der Waals surface area contributed by atoms with Gasteiger partial charge in [-0.05, 0) is 81.3 Å². The molecule has 2 aromatic carbocycles. The molecule has 218 valence electrons. The number of alkyl carbamates (subject to hydrolysis) is 1. The molecule has 0 bridgehead atoms. The quantitative estimate of drug-likeness (QED) is 0.348. The molecular weight excluding hydrogens is 530 g/mol. The van der Waals surface area contributed by atoms with Gasteiger partial charge in [-0.3, -0.25) is 4.79 Å². The van der Waals surface area contributed by atoms with E-state index in [2.05, 4.69) is 10.6 Å². The van der Waals surface area contributed by atoms with Gasteiger partial charge in [0.1, 0.15) is 5.75 Å². The van der Waals surface area contributed by atoms with E-state index in [0.29, 0.717) is 49.3 Å². The third kappa shape index (κ3) is 6.73. The number of likely N-dealkylation sites (tertiary alicyclic amines) is 1. The molecule has 1 heterocycles. The van der Waals surface area contributed by atoms with E-state index in [0.717, 1.165) is 48.8 Å². The lowest BCUT2D eigenvalue weighted by molar-refractivity contribution is -0.140. The number of piperidine rings is 1. The van der Waals surface area contributed by atoms with Gasteiger partial charge in [-0.15, -0.1) is 0 Å². The van der Waals surface area contributed by atoms with E-state index >= 15 is 0 Å². The van der Waals surface area contributed by atoms with Crippen LogP contribution < -0.4 is 15.4 Å². The van der Waals surface area contributed by atoms with Crippen LogP contribution in [0.1, 0.15) is 50.5 Å². The van der Waals surface area contributed by atoms with Crippen molar-refractivity contribution in [1.82, 2.24) is 15.5 Å². The third-order valence-corrected chi connectivity index (χ3v) is 8.94. The number of aliphatic hydroxyl groups is 1. The number of rotatable bonds is 10. The SMILES string of the molecule is CN[C@H]1CC[C@@H](C(=O)N2CCC[C@@H]([C@@](O)(CCCNC(=O)OC)c3cccc(Cl)c3-c3cccc(OC)c3)C2)C1. The highest BCUT2D eigenvalue weighted by Gasteiger charge is 2.44. The predicted octanol–water partition coefficient (Wildman–Crippen LogP) is 4.97. The molecule has 1 saturated carbocycles. The van der Waals surface area contributed by atoms with Crippen LogP contribution in [-0.2, 0) is 15.1 Å². The van der Waals surface area contributed by atoms with Gasteiger partial charge in [0.2, 0.25) is 5.91 Å². The van der Waals surface area contributed by atoms with E-state index in [4.69, 9.17) is 21.1 Å².